The molecule has 0 spiro atoms. The monoisotopic (exact) mass is 292 g/mol. The zero-order valence-corrected chi connectivity index (χ0v) is 12.9. The fourth-order valence-electron chi connectivity index (χ4n) is 2.55. The van der Waals surface area contributed by atoms with E-state index in [-0.39, 0.29) is 5.91 Å². The van der Waals surface area contributed by atoms with Crippen molar-refractivity contribution in [2.75, 3.05) is 33.9 Å². The number of carbonyl (C=O) groups is 1. The molecule has 5 heteroatoms. The van der Waals surface area contributed by atoms with Gasteiger partial charge in [0.2, 0.25) is 5.91 Å². The molecule has 1 fully saturated rings. The van der Waals surface area contributed by atoms with E-state index in [1.54, 1.807) is 14.2 Å². The minimum Gasteiger partial charge on any atom is -0.493 e. The summed E-state index contributed by atoms with van der Waals surface area (Å²) in [6.07, 6.45) is 3.08. The smallest absolute Gasteiger partial charge is 0.221 e. The predicted molar refractivity (Wildman–Crippen MR) is 81.7 cm³/mol. The third kappa shape index (κ3) is 4.63. The summed E-state index contributed by atoms with van der Waals surface area (Å²) in [5.74, 6) is 1.47. The van der Waals surface area contributed by atoms with E-state index in [9.17, 15) is 4.79 Å². The maximum atomic E-state index is 11.9. The van der Waals surface area contributed by atoms with Gasteiger partial charge in [0.1, 0.15) is 0 Å². The Morgan fingerprint density at radius 2 is 1.90 bits per heavy atom. The molecule has 2 rings (SSSR count). The Kier molecular flexibility index (Phi) is 5.87. The van der Waals surface area contributed by atoms with Gasteiger partial charge in [-0.15, -0.1) is 0 Å². The number of methoxy groups -OCH3 is 2. The third-order valence-corrected chi connectivity index (χ3v) is 3.79. The van der Waals surface area contributed by atoms with Gasteiger partial charge in [-0.3, -0.25) is 4.79 Å². The zero-order valence-electron chi connectivity index (χ0n) is 12.9. The highest BCUT2D eigenvalue weighted by molar-refractivity contribution is 5.76. The van der Waals surface area contributed by atoms with Crippen LogP contribution in [0.4, 0.5) is 0 Å². The highest BCUT2D eigenvalue weighted by Crippen LogP contribution is 2.27. The Morgan fingerprint density at radius 3 is 2.57 bits per heavy atom. The largest absolute Gasteiger partial charge is 0.493 e. The van der Waals surface area contributed by atoms with E-state index in [4.69, 9.17) is 9.47 Å². The van der Waals surface area contributed by atoms with E-state index in [1.165, 1.54) is 12.8 Å². The minimum absolute atomic E-state index is 0.0942. The number of ether oxygens (including phenoxy) is 2. The van der Waals surface area contributed by atoms with Crippen LogP contribution in [-0.4, -0.2) is 44.7 Å². The highest BCUT2D eigenvalue weighted by Gasteiger charge is 2.12. The predicted octanol–water partition coefficient (Wildman–Crippen LogP) is 1.81. The first kappa shape index (κ1) is 15.6. The maximum absolute atomic E-state index is 11.9. The maximum Gasteiger partial charge on any atom is 0.221 e. The van der Waals surface area contributed by atoms with Gasteiger partial charge in [0.15, 0.2) is 11.5 Å². The standard InChI is InChI=1S/C16H24N2O3/c1-20-14-6-5-13(11-15(14)21-2)12-17-16(19)7-10-18-8-3-4-9-18/h5-6,11H,3-4,7-10,12H2,1-2H3,(H,17,19). The Morgan fingerprint density at radius 1 is 1.19 bits per heavy atom. The molecule has 0 aromatic heterocycles. The molecule has 21 heavy (non-hydrogen) atoms. The first-order chi connectivity index (χ1) is 10.2. The minimum atomic E-state index is 0.0942. The number of benzene rings is 1. The first-order valence-electron chi connectivity index (χ1n) is 7.43. The van der Waals surface area contributed by atoms with Crippen molar-refractivity contribution in [3.63, 3.8) is 0 Å². The van der Waals surface area contributed by atoms with Crippen molar-refractivity contribution in [1.82, 2.24) is 10.2 Å². The number of nitrogens with zero attached hydrogens (tertiary/aromatic N) is 1. The lowest BCUT2D eigenvalue weighted by molar-refractivity contribution is -0.121. The van der Waals surface area contributed by atoms with Crippen LogP contribution in [0.15, 0.2) is 18.2 Å². The number of rotatable bonds is 7. The molecule has 1 N–H and O–H groups in total. The number of hydrogen-bond donors (Lipinski definition) is 1. The van der Waals surface area contributed by atoms with Crippen molar-refractivity contribution in [3.8, 4) is 11.5 Å². The van der Waals surface area contributed by atoms with Gasteiger partial charge in [0, 0.05) is 19.5 Å². The number of likely N-dealkylation sites (tertiary alicyclic amines) is 1. The molecule has 0 unspecified atom stereocenters. The molecule has 0 radical (unpaired) electrons. The van der Waals surface area contributed by atoms with Crippen LogP contribution in [-0.2, 0) is 11.3 Å². The van der Waals surface area contributed by atoms with Gasteiger partial charge >= 0.3 is 0 Å². The summed E-state index contributed by atoms with van der Waals surface area (Å²) in [6.45, 7) is 3.63. The van der Waals surface area contributed by atoms with Gasteiger partial charge < -0.3 is 19.7 Å². The van der Waals surface area contributed by atoms with Crippen LogP contribution in [0.3, 0.4) is 0 Å². The van der Waals surface area contributed by atoms with E-state index >= 15 is 0 Å². The van der Waals surface area contributed by atoms with E-state index in [0.29, 0.717) is 24.5 Å². The summed E-state index contributed by atoms with van der Waals surface area (Å²) in [5.41, 5.74) is 1.00. The summed E-state index contributed by atoms with van der Waals surface area (Å²) in [4.78, 5) is 14.2. The second-order valence-corrected chi connectivity index (χ2v) is 5.26. The molecule has 0 saturated carbocycles. The Hall–Kier alpha value is -1.75. The van der Waals surface area contributed by atoms with Crippen molar-refractivity contribution in [3.05, 3.63) is 23.8 Å². The number of hydrogen-bond acceptors (Lipinski definition) is 4. The second-order valence-electron chi connectivity index (χ2n) is 5.26. The average molecular weight is 292 g/mol. The van der Waals surface area contributed by atoms with E-state index in [2.05, 4.69) is 10.2 Å². The quantitative estimate of drug-likeness (QED) is 0.832. The van der Waals surface area contributed by atoms with Crippen molar-refractivity contribution in [1.29, 1.82) is 0 Å². The molecule has 1 aromatic rings. The summed E-state index contributed by atoms with van der Waals surface area (Å²) in [6, 6.07) is 5.67. The first-order valence-corrected chi connectivity index (χ1v) is 7.43. The van der Waals surface area contributed by atoms with Crippen LogP contribution in [0.5, 0.6) is 11.5 Å². The molecule has 0 aliphatic carbocycles. The Balaban J connectivity index is 1.77. The molecule has 1 aromatic carbocycles. The van der Waals surface area contributed by atoms with Gasteiger partial charge in [0.05, 0.1) is 14.2 Å². The topological polar surface area (TPSA) is 50.8 Å². The van der Waals surface area contributed by atoms with Crippen LogP contribution < -0.4 is 14.8 Å². The average Bonchev–Trinajstić information content (AvgIpc) is 3.04. The molecule has 0 bridgehead atoms. The summed E-state index contributed by atoms with van der Waals surface area (Å²) >= 11 is 0. The molecular weight excluding hydrogens is 268 g/mol. The van der Waals surface area contributed by atoms with Crippen molar-refractivity contribution < 1.29 is 14.3 Å². The summed E-state index contributed by atoms with van der Waals surface area (Å²) in [7, 11) is 3.22. The van der Waals surface area contributed by atoms with E-state index < -0.39 is 0 Å². The lowest BCUT2D eigenvalue weighted by Crippen LogP contribution is -2.29. The van der Waals surface area contributed by atoms with Gasteiger partial charge in [-0.05, 0) is 43.6 Å². The fourth-order valence-corrected chi connectivity index (χ4v) is 2.55. The van der Waals surface area contributed by atoms with Crippen LogP contribution in [0.1, 0.15) is 24.8 Å². The van der Waals surface area contributed by atoms with Crippen LogP contribution in [0, 0.1) is 0 Å². The molecular formula is C16H24N2O3. The van der Waals surface area contributed by atoms with E-state index in [0.717, 1.165) is 25.2 Å². The molecule has 5 nitrogen and oxygen atoms in total. The van der Waals surface area contributed by atoms with Crippen molar-refractivity contribution in [2.45, 2.75) is 25.8 Å². The Bertz CT molecular complexity index is 471. The van der Waals surface area contributed by atoms with E-state index in [1.807, 2.05) is 18.2 Å². The van der Waals surface area contributed by atoms with Gasteiger partial charge in [-0.1, -0.05) is 6.07 Å². The van der Waals surface area contributed by atoms with Crippen molar-refractivity contribution in [2.24, 2.45) is 0 Å². The molecule has 1 amide bonds. The zero-order chi connectivity index (χ0) is 15.1. The normalized spacial score (nSPS) is 15.0. The highest BCUT2D eigenvalue weighted by atomic mass is 16.5. The van der Waals surface area contributed by atoms with Gasteiger partial charge in [-0.2, -0.15) is 0 Å². The Labute approximate surface area is 126 Å². The van der Waals surface area contributed by atoms with Crippen molar-refractivity contribution >= 4 is 5.91 Å². The number of nitrogens with one attached hydrogen (secondary N) is 1. The lowest BCUT2D eigenvalue weighted by Gasteiger charge is -2.14. The number of carbonyl (C=O) groups excluding carboxylic acids is 1. The molecule has 1 heterocycles. The van der Waals surface area contributed by atoms with Crippen LogP contribution >= 0.6 is 0 Å². The second kappa shape index (κ2) is 7.88. The van der Waals surface area contributed by atoms with Gasteiger partial charge in [-0.25, -0.2) is 0 Å². The van der Waals surface area contributed by atoms with Crippen LogP contribution in [0.2, 0.25) is 0 Å². The lowest BCUT2D eigenvalue weighted by atomic mass is 10.2. The number of amides is 1. The third-order valence-electron chi connectivity index (χ3n) is 3.79. The van der Waals surface area contributed by atoms with Gasteiger partial charge in [0.25, 0.3) is 0 Å². The van der Waals surface area contributed by atoms with Crippen LogP contribution in [0.25, 0.3) is 0 Å². The molecule has 1 aliphatic rings. The summed E-state index contributed by atoms with van der Waals surface area (Å²) < 4.78 is 10.4. The molecule has 116 valence electrons. The fraction of sp³-hybridized carbons (Fsp3) is 0.562. The molecule has 0 atom stereocenters. The SMILES string of the molecule is COc1ccc(CNC(=O)CCN2CCCC2)cc1OC. The summed E-state index contributed by atoms with van der Waals surface area (Å²) in [5, 5.41) is 2.95. The molecule has 1 aliphatic heterocycles. The molecule has 1 saturated heterocycles.